The van der Waals surface area contributed by atoms with Gasteiger partial charge in [-0.2, -0.15) is 4.98 Å². The van der Waals surface area contributed by atoms with Crippen molar-refractivity contribution >= 4 is 50.1 Å². The maximum atomic E-state index is 13.0. The zero-order valence-corrected chi connectivity index (χ0v) is 20.1. The lowest BCUT2D eigenvalue weighted by Gasteiger charge is -2.31. The van der Waals surface area contributed by atoms with Crippen LogP contribution in [0.1, 0.15) is 43.0 Å². The Hall–Kier alpha value is -3.60. The number of benzene rings is 1. The molecule has 1 aromatic carbocycles. The van der Waals surface area contributed by atoms with Crippen molar-refractivity contribution in [3.8, 4) is 0 Å². The maximum Gasteiger partial charge on any atom is 0.273 e. The molecule has 1 atom stereocenters. The van der Waals surface area contributed by atoms with Gasteiger partial charge in [-0.1, -0.05) is 23.5 Å². The Morgan fingerprint density at radius 2 is 2.03 bits per heavy atom. The zero-order valence-electron chi connectivity index (χ0n) is 19.3. The fraction of sp³-hybridized carbons (Fsp3) is 0.417. The minimum atomic E-state index is -0.403. The zero-order chi connectivity index (χ0) is 24.5. The Bertz CT molecular complexity index is 1360. The van der Waals surface area contributed by atoms with Crippen molar-refractivity contribution in [1.29, 1.82) is 0 Å². The molecule has 2 aliphatic rings. The molecule has 2 N–H and O–H groups in total. The average molecular weight is 495 g/mol. The molecule has 0 bridgehead atoms. The van der Waals surface area contributed by atoms with E-state index in [1.54, 1.807) is 24.3 Å². The number of nitrogens with zero attached hydrogens (tertiary/aromatic N) is 4. The van der Waals surface area contributed by atoms with E-state index in [1.807, 2.05) is 4.90 Å². The van der Waals surface area contributed by atoms with Gasteiger partial charge in [0.2, 0.25) is 11.8 Å². The normalized spacial score (nSPS) is 17.9. The highest BCUT2D eigenvalue weighted by molar-refractivity contribution is 7.22. The summed E-state index contributed by atoms with van der Waals surface area (Å²) in [6, 6.07) is 6.97. The summed E-state index contributed by atoms with van der Waals surface area (Å²) in [6.45, 7) is 2.57. The smallest absolute Gasteiger partial charge is 0.273 e. The second-order valence-electron chi connectivity index (χ2n) is 9.08. The molecule has 1 saturated heterocycles. The molecule has 0 spiro atoms. The monoisotopic (exact) mass is 494 g/mol. The van der Waals surface area contributed by atoms with E-state index >= 15 is 0 Å². The van der Waals surface area contributed by atoms with Gasteiger partial charge in [0.05, 0.1) is 5.92 Å². The van der Waals surface area contributed by atoms with Crippen molar-refractivity contribution in [2.24, 2.45) is 5.92 Å². The Morgan fingerprint density at radius 1 is 1.20 bits per heavy atom. The third kappa shape index (κ3) is 5.24. The van der Waals surface area contributed by atoms with E-state index in [4.69, 9.17) is 0 Å². The van der Waals surface area contributed by atoms with Gasteiger partial charge in [-0.3, -0.25) is 23.7 Å². The summed E-state index contributed by atoms with van der Waals surface area (Å²) < 4.78 is 1.62. The van der Waals surface area contributed by atoms with E-state index < -0.39 is 5.91 Å². The molecule has 182 valence electrons. The summed E-state index contributed by atoms with van der Waals surface area (Å²) in [5, 5.41) is 6.46. The molecular weight excluding hydrogens is 468 g/mol. The van der Waals surface area contributed by atoms with E-state index in [2.05, 4.69) is 20.6 Å². The lowest BCUT2D eigenvalue weighted by atomic mass is 9.97. The van der Waals surface area contributed by atoms with Gasteiger partial charge in [0, 0.05) is 30.4 Å². The predicted molar refractivity (Wildman–Crippen MR) is 133 cm³/mol. The standard InChI is InChI=1S/C24H26N6O4S/c1-14(31)15-4-2-6-18(10-15)26-19(32)12-30-13-25-21-20(23(30)34)35-24(28-21)29-9-3-5-16(11-29)22(33)27-17-7-8-17/h2,4,6,10,13,16-17H,3,5,7-9,11-12H2,1H3,(H,26,32)(H,27,33)/t16-/m0/s1. The molecule has 1 saturated carbocycles. The van der Waals surface area contributed by atoms with Crippen LogP contribution in [0.15, 0.2) is 35.4 Å². The summed E-state index contributed by atoms with van der Waals surface area (Å²) >= 11 is 1.24. The number of anilines is 2. The van der Waals surface area contributed by atoms with Crippen molar-refractivity contribution in [1.82, 2.24) is 19.9 Å². The quantitative estimate of drug-likeness (QED) is 0.482. The van der Waals surface area contributed by atoms with Gasteiger partial charge >= 0.3 is 0 Å². The molecule has 10 nitrogen and oxygen atoms in total. The Morgan fingerprint density at radius 3 is 2.80 bits per heavy atom. The lowest BCUT2D eigenvalue weighted by Crippen LogP contribution is -2.43. The average Bonchev–Trinajstić information content (AvgIpc) is 3.55. The second-order valence-corrected chi connectivity index (χ2v) is 10.1. The summed E-state index contributed by atoms with van der Waals surface area (Å²) in [4.78, 5) is 60.5. The van der Waals surface area contributed by atoms with Crippen LogP contribution in [0.2, 0.25) is 0 Å². The first-order valence-corrected chi connectivity index (χ1v) is 12.5. The largest absolute Gasteiger partial charge is 0.353 e. The van der Waals surface area contributed by atoms with Crippen molar-refractivity contribution in [3.05, 3.63) is 46.5 Å². The molecule has 0 radical (unpaired) electrons. The van der Waals surface area contributed by atoms with Crippen LogP contribution in [-0.2, 0) is 16.1 Å². The van der Waals surface area contributed by atoms with Crippen LogP contribution >= 0.6 is 11.3 Å². The minimum absolute atomic E-state index is 0.0915. The summed E-state index contributed by atoms with van der Waals surface area (Å²) in [6.07, 6.45) is 5.15. The summed E-state index contributed by atoms with van der Waals surface area (Å²) in [5.74, 6) is -0.499. The van der Waals surface area contributed by atoms with Gasteiger partial charge in [0.1, 0.15) is 17.6 Å². The van der Waals surface area contributed by atoms with Crippen molar-refractivity contribution < 1.29 is 14.4 Å². The first-order chi connectivity index (χ1) is 16.9. The van der Waals surface area contributed by atoms with Crippen LogP contribution in [-0.4, -0.2) is 51.3 Å². The SMILES string of the molecule is CC(=O)c1cccc(NC(=O)Cn2cnc3nc(N4CCC[C@H](C(=O)NC5CC5)C4)sc3c2=O)c1. The van der Waals surface area contributed by atoms with Gasteiger partial charge < -0.3 is 15.5 Å². The number of fused-ring (bicyclic) bond motifs is 1. The predicted octanol–water partition coefficient (Wildman–Crippen LogP) is 2.19. The number of nitrogens with one attached hydrogen (secondary N) is 2. The maximum absolute atomic E-state index is 13.0. The van der Waals surface area contributed by atoms with Gasteiger partial charge in [0.25, 0.3) is 5.56 Å². The topological polar surface area (TPSA) is 126 Å². The van der Waals surface area contributed by atoms with E-state index in [-0.39, 0.29) is 29.7 Å². The number of rotatable bonds is 7. The molecule has 2 aromatic heterocycles. The fourth-order valence-electron chi connectivity index (χ4n) is 4.17. The molecule has 1 aliphatic carbocycles. The highest BCUT2D eigenvalue weighted by Crippen LogP contribution is 2.30. The van der Waals surface area contributed by atoms with Crippen molar-refractivity contribution in [2.45, 2.75) is 45.2 Å². The van der Waals surface area contributed by atoms with E-state index in [0.717, 1.165) is 32.2 Å². The highest BCUT2D eigenvalue weighted by Gasteiger charge is 2.31. The van der Waals surface area contributed by atoms with Crippen LogP contribution < -0.4 is 21.1 Å². The summed E-state index contributed by atoms with van der Waals surface area (Å²) in [7, 11) is 0. The molecule has 2 fully saturated rings. The third-order valence-corrected chi connectivity index (χ3v) is 7.32. The Kier molecular flexibility index (Phi) is 6.33. The highest BCUT2D eigenvalue weighted by atomic mass is 32.1. The molecule has 3 heterocycles. The Balaban J connectivity index is 1.29. The lowest BCUT2D eigenvalue weighted by molar-refractivity contribution is -0.125. The van der Waals surface area contributed by atoms with Crippen LogP contribution in [0.3, 0.4) is 0 Å². The van der Waals surface area contributed by atoms with E-state index in [1.165, 1.54) is 29.2 Å². The van der Waals surface area contributed by atoms with Gasteiger partial charge in [-0.05, 0) is 44.7 Å². The first kappa shape index (κ1) is 23.2. The van der Waals surface area contributed by atoms with Crippen LogP contribution in [0.4, 0.5) is 10.8 Å². The summed E-state index contributed by atoms with van der Waals surface area (Å²) in [5.41, 5.74) is 0.970. The first-order valence-electron chi connectivity index (χ1n) is 11.7. The van der Waals surface area contributed by atoms with Gasteiger partial charge in [-0.15, -0.1) is 0 Å². The number of carbonyl (C=O) groups is 3. The van der Waals surface area contributed by atoms with Crippen molar-refractivity contribution in [3.63, 3.8) is 0 Å². The number of hydrogen-bond donors (Lipinski definition) is 2. The molecule has 11 heteroatoms. The second kappa shape index (κ2) is 9.57. The number of amides is 2. The Labute approximate surface area is 205 Å². The van der Waals surface area contributed by atoms with Crippen LogP contribution in [0.5, 0.6) is 0 Å². The minimum Gasteiger partial charge on any atom is -0.353 e. The molecule has 0 unspecified atom stereocenters. The number of piperidine rings is 1. The van der Waals surface area contributed by atoms with Crippen LogP contribution in [0.25, 0.3) is 10.3 Å². The van der Waals surface area contributed by atoms with Gasteiger partial charge in [0.15, 0.2) is 16.6 Å². The van der Waals surface area contributed by atoms with Crippen LogP contribution in [0, 0.1) is 5.92 Å². The van der Waals surface area contributed by atoms with Crippen molar-refractivity contribution in [2.75, 3.05) is 23.3 Å². The number of hydrogen-bond acceptors (Lipinski definition) is 8. The molecule has 35 heavy (non-hydrogen) atoms. The number of thiazole rings is 1. The molecule has 2 amide bonds. The van der Waals surface area contributed by atoms with E-state index in [9.17, 15) is 19.2 Å². The third-order valence-electron chi connectivity index (χ3n) is 6.23. The number of ketones is 1. The van der Waals surface area contributed by atoms with E-state index in [0.29, 0.717) is 39.3 Å². The molecular formula is C24H26N6O4S. The molecule has 3 aromatic rings. The number of carbonyl (C=O) groups excluding carboxylic acids is 3. The molecule has 5 rings (SSSR count). The van der Waals surface area contributed by atoms with Gasteiger partial charge in [-0.25, -0.2) is 4.98 Å². The number of Topliss-reactive ketones (excluding diaryl/α,β-unsaturated/α-hetero) is 1. The fourth-order valence-corrected chi connectivity index (χ4v) is 5.17. The molecule has 1 aliphatic heterocycles. The number of aromatic nitrogens is 3.